The SMILES string of the molecule is Cc1cc(C2CCCN2C(=O)Nc2ccc(N3CC(C)OC(C)C3)nc2)on1. The van der Waals surface area contributed by atoms with E-state index in [0.29, 0.717) is 12.2 Å². The Morgan fingerprint density at radius 1 is 1.25 bits per heavy atom. The first-order chi connectivity index (χ1) is 13.5. The third kappa shape index (κ3) is 3.96. The molecule has 0 saturated carbocycles. The Balaban J connectivity index is 1.40. The Kier molecular flexibility index (Phi) is 5.21. The van der Waals surface area contributed by atoms with E-state index in [1.54, 1.807) is 11.1 Å². The van der Waals surface area contributed by atoms with Crippen LogP contribution in [-0.2, 0) is 4.74 Å². The molecule has 2 saturated heterocycles. The summed E-state index contributed by atoms with van der Waals surface area (Å²) in [5.74, 6) is 1.64. The van der Waals surface area contributed by atoms with Gasteiger partial charge in [0.1, 0.15) is 5.82 Å². The number of urea groups is 1. The Morgan fingerprint density at radius 3 is 2.68 bits per heavy atom. The van der Waals surface area contributed by atoms with E-state index < -0.39 is 0 Å². The summed E-state index contributed by atoms with van der Waals surface area (Å²) in [6.07, 6.45) is 3.89. The Bertz CT molecular complexity index is 812. The van der Waals surface area contributed by atoms with Crippen LogP contribution < -0.4 is 10.2 Å². The molecule has 1 N–H and O–H groups in total. The van der Waals surface area contributed by atoms with Gasteiger partial charge < -0.3 is 24.4 Å². The molecule has 0 spiro atoms. The Hall–Kier alpha value is -2.61. The van der Waals surface area contributed by atoms with Crippen molar-refractivity contribution in [2.45, 2.75) is 51.9 Å². The number of nitrogens with one attached hydrogen (secondary N) is 1. The lowest BCUT2D eigenvalue weighted by Gasteiger charge is -2.36. The van der Waals surface area contributed by atoms with Crippen LogP contribution in [-0.4, -0.2) is 52.9 Å². The van der Waals surface area contributed by atoms with E-state index in [0.717, 1.165) is 43.2 Å². The highest BCUT2D eigenvalue weighted by molar-refractivity contribution is 5.89. The predicted molar refractivity (Wildman–Crippen MR) is 105 cm³/mol. The van der Waals surface area contributed by atoms with E-state index in [1.807, 2.05) is 25.1 Å². The third-order valence-electron chi connectivity index (χ3n) is 5.23. The molecule has 4 rings (SSSR count). The lowest BCUT2D eigenvalue weighted by Crippen LogP contribution is -2.45. The number of anilines is 2. The van der Waals surface area contributed by atoms with Crippen molar-refractivity contribution < 1.29 is 14.1 Å². The fourth-order valence-electron chi connectivity index (χ4n) is 4.05. The van der Waals surface area contributed by atoms with E-state index in [1.165, 1.54) is 0 Å². The average Bonchev–Trinajstić information content (AvgIpc) is 3.30. The maximum atomic E-state index is 12.8. The van der Waals surface area contributed by atoms with Gasteiger partial charge in [-0.25, -0.2) is 9.78 Å². The van der Waals surface area contributed by atoms with Crippen molar-refractivity contribution in [2.24, 2.45) is 0 Å². The van der Waals surface area contributed by atoms with Crippen LogP contribution in [0.15, 0.2) is 28.9 Å². The van der Waals surface area contributed by atoms with Crippen LogP contribution >= 0.6 is 0 Å². The fraction of sp³-hybridized carbons (Fsp3) is 0.550. The minimum Gasteiger partial charge on any atom is -0.372 e. The number of amides is 2. The molecule has 0 aromatic carbocycles. The summed E-state index contributed by atoms with van der Waals surface area (Å²) in [4.78, 5) is 21.3. The molecule has 8 heteroatoms. The lowest BCUT2D eigenvalue weighted by atomic mass is 10.1. The summed E-state index contributed by atoms with van der Waals surface area (Å²) in [6.45, 7) is 8.35. The van der Waals surface area contributed by atoms with Crippen molar-refractivity contribution in [1.82, 2.24) is 15.0 Å². The Labute approximate surface area is 164 Å². The second-order valence-corrected chi connectivity index (χ2v) is 7.72. The van der Waals surface area contributed by atoms with Crippen molar-refractivity contribution in [3.63, 3.8) is 0 Å². The van der Waals surface area contributed by atoms with Crippen LogP contribution in [0, 0.1) is 6.92 Å². The van der Waals surface area contributed by atoms with Crippen molar-refractivity contribution in [3.05, 3.63) is 35.9 Å². The van der Waals surface area contributed by atoms with E-state index in [9.17, 15) is 4.79 Å². The molecule has 8 nitrogen and oxygen atoms in total. The van der Waals surface area contributed by atoms with Crippen LogP contribution in [0.3, 0.4) is 0 Å². The Morgan fingerprint density at radius 2 is 2.04 bits per heavy atom. The van der Waals surface area contributed by atoms with E-state index in [2.05, 4.69) is 34.2 Å². The van der Waals surface area contributed by atoms with E-state index >= 15 is 0 Å². The van der Waals surface area contributed by atoms with Gasteiger partial charge in [-0.05, 0) is 45.7 Å². The zero-order valence-corrected chi connectivity index (χ0v) is 16.6. The summed E-state index contributed by atoms with van der Waals surface area (Å²) in [6, 6.07) is 5.54. The molecule has 2 fully saturated rings. The number of nitrogens with zero attached hydrogens (tertiary/aromatic N) is 4. The van der Waals surface area contributed by atoms with Crippen molar-refractivity contribution >= 4 is 17.5 Å². The van der Waals surface area contributed by atoms with Gasteiger partial charge in [-0.15, -0.1) is 0 Å². The number of pyridine rings is 1. The highest BCUT2D eigenvalue weighted by atomic mass is 16.5. The largest absolute Gasteiger partial charge is 0.372 e. The maximum absolute atomic E-state index is 12.8. The van der Waals surface area contributed by atoms with Gasteiger partial charge in [0.15, 0.2) is 5.76 Å². The minimum atomic E-state index is -0.139. The first kappa shape index (κ1) is 18.7. The smallest absolute Gasteiger partial charge is 0.322 e. The second-order valence-electron chi connectivity index (χ2n) is 7.72. The molecule has 2 amide bonds. The van der Waals surface area contributed by atoms with Crippen molar-refractivity contribution in [1.29, 1.82) is 0 Å². The zero-order valence-electron chi connectivity index (χ0n) is 16.6. The second kappa shape index (κ2) is 7.79. The molecule has 3 unspecified atom stereocenters. The molecule has 2 aromatic rings. The standard InChI is InChI=1S/C20H27N5O3/c1-13-9-18(28-23-13)17-5-4-8-25(17)20(26)22-16-6-7-19(21-10-16)24-11-14(2)27-15(3)12-24/h6-7,9-10,14-15,17H,4-5,8,11-12H2,1-3H3,(H,22,26). The number of likely N-dealkylation sites (tertiary alicyclic amines) is 1. The van der Waals surface area contributed by atoms with Gasteiger partial charge in [-0.2, -0.15) is 0 Å². The number of hydrogen-bond acceptors (Lipinski definition) is 6. The first-order valence-electron chi connectivity index (χ1n) is 9.87. The van der Waals surface area contributed by atoms with E-state index in [4.69, 9.17) is 9.26 Å². The van der Waals surface area contributed by atoms with Crippen molar-refractivity contribution in [2.75, 3.05) is 29.9 Å². The van der Waals surface area contributed by atoms with Crippen LogP contribution in [0.2, 0.25) is 0 Å². The highest BCUT2D eigenvalue weighted by Gasteiger charge is 2.32. The van der Waals surface area contributed by atoms with Gasteiger partial charge in [0.25, 0.3) is 0 Å². The summed E-state index contributed by atoms with van der Waals surface area (Å²) >= 11 is 0. The number of rotatable bonds is 3. The molecular formula is C20H27N5O3. The number of morpholine rings is 1. The zero-order chi connectivity index (χ0) is 19.7. The number of aryl methyl sites for hydroxylation is 1. The summed E-state index contributed by atoms with van der Waals surface area (Å²) in [7, 11) is 0. The van der Waals surface area contributed by atoms with Crippen LogP contribution in [0.5, 0.6) is 0 Å². The molecule has 2 aliphatic heterocycles. The minimum absolute atomic E-state index is 0.0650. The summed E-state index contributed by atoms with van der Waals surface area (Å²) < 4.78 is 11.2. The molecule has 3 atom stereocenters. The van der Waals surface area contributed by atoms with Gasteiger partial charge in [-0.1, -0.05) is 5.16 Å². The number of hydrogen-bond donors (Lipinski definition) is 1. The monoisotopic (exact) mass is 385 g/mol. The maximum Gasteiger partial charge on any atom is 0.322 e. The number of carbonyl (C=O) groups excluding carboxylic acids is 1. The molecular weight excluding hydrogens is 358 g/mol. The van der Waals surface area contributed by atoms with Crippen molar-refractivity contribution in [3.8, 4) is 0 Å². The van der Waals surface area contributed by atoms with Crippen LogP contribution in [0.4, 0.5) is 16.3 Å². The summed E-state index contributed by atoms with van der Waals surface area (Å²) in [5.41, 5.74) is 1.51. The van der Waals surface area contributed by atoms with Gasteiger partial charge in [0.05, 0.1) is 35.8 Å². The number of ether oxygens (including phenoxy) is 1. The third-order valence-corrected chi connectivity index (χ3v) is 5.23. The van der Waals surface area contributed by atoms with Crippen LogP contribution in [0.1, 0.15) is 44.2 Å². The molecule has 150 valence electrons. The van der Waals surface area contributed by atoms with Gasteiger partial charge in [0, 0.05) is 25.7 Å². The molecule has 0 radical (unpaired) electrons. The lowest BCUT2D eigenvalue weighted by molar-refractivity contribution is -0.00545. The normalized spacial score (nSPS) is 25.2. The number of aromatic nitrogens is 2. The summed E-state index contributed by atoms with van der Waals surface area (Å²) in [5, 5.41) is 6.90. The molecule has 4 heterocycles. The quantitative estimate of drug-likeness (QED) is 0.872. The predicted octanol–water partition coefficient (Wildman–Crippen LogP) is 3.36. The average molecular weight is 385 g/mol. The van der Waals surface area contributed by atoms with Crippen LogP contribution in [0.25, 0.3) is 0 Å². The molecule has 2 aliphatic rings. The van der Waals surface area contributed by atoms with E-state index in [-0.39, 0.29) is 24.3 Å². The van der Waals surface area contributed by atoms with Gasteiger partial charge >= 0.3 is 6.03 Å². The first-order valence-corrected chi connectivity index (χ1v) is 9.87. The molecule has 2 aromatic heterocycles. The fourth-order valence-corrected chi connectivity index (χ4v) is 4.05. The van der Waals surface area contributed by atoms with Gasteiger partial charge in [-0.3, -0.25) is 0 Å². The highest BCUT2D eigenvalue weighted by Crippen LogP contribution is 2.32. The molecule has 28 heavy (non-hydrogen) atoms. The molecule has 0 aliphatic carbocycles. The topological polar surface area (TPSA) is 83.7 Å². The van der Waals surface area contributed by atoms with Gasteiger partial charge in [0.2, 0.25) is 0 Å². The molecule has 0 bridgehead atoms. The number of carbonyl (C=O) groups is 1.